The quantitative estimate of drug-likeness (QED) is 0.871. The summed E-state index contributed by atoms with van der Waals surface area (Å²) in [6.07, 6.45) is 0. The maximum atomic E-state index is 13.5. The molecule has 1 aromatic carbocycles. The van der Waals surface area contributed by atoms with Crippen molar-refractivity contribution in [3.8, 4) is 11.8 Å². The van der Waals surface area contributed by atoms with Crippen LogP contribution < -0.4 is 10.1 Å². The summed E-state index contributed by atoms with van der Waals surface area (Å²) < 4.78 is 18.5. The Bertz CT molecular complexity index is 478. The zero-order valence-electron chi connectivity index (χ0n) is 9.87. The number of halogens is 1. The van der Waals surface area contributed by atoms with Crippen molar-refractivity contribution in [1.82, 2.24) is 5.32 Å². The lowest BCUT2D eigenvalue weighted by molar-refractivity contribution is 0.0922. The van der Waals surface area contributed by atoms with Crippen molar-refractivity contribution in [1.29, 1.82) is 5.26 Å². The average Bonchev–Trinajstić information content (AvgIpc) is 2.27. The van der Waals surface area contributed by atoms with Crippen molar-refractivity contribution in [2.45, 2.75) is 19.4 Å². The number of hydrogen-bond donors (Lipinski definition) is 1. The normalized spacial score (nSPS) is 10.5. The summed E-state index contributed by atoms with van der Waals surface area (Å²) in [5, 5.41) is 11.2. The van der Waals surface area contributed by atoms with Gasteiger partial charge in [0.2, 0.25) is 0 Å². The van der Waals surface area contributed by atoms with Gasteiger partial charge >= 0.3 is 0 Å². The predicted molar refractivity (Wildman–Crippen MR) is 60.1 cm³/mol. The van der Waals surface area contributed by atoms with Crippen LogP contribution in [0.5, 0.6) is 5.75 Å². The summed E-state index contributed by atoms with van der Waals surface area (Å²) in [4.78, 5) is 11.8. The Labute approximate surface area is 99.0 Å². The Morgan fingerprint density at radius 1 is 1.53 bits per heavy atom. The van der Waals surface area contributed by atoms with Gasteiger partial charge in [-0.05, 0) is 26.0 Å². The van der Waals surface area contributed by atoms with E-state index in [4.69, 9.17) is 10.00 Å². The monoisotopic (exact) mass is 236 g/mol. The molecule has 0 aliphatic heterocycles. The highest BCUT2D eigenvalue weighted by Gasteiger charge is 2.24. The lowest BCUT2D eigenvalue weighted by Crippen LogP contribution is -2.42. The van der Waals surface area contributed by atoms with Gasteiger partial charge in [0, 0.05) is 0 Å². The molecule has 0 saturated carbocycles. The van der Waals surface area contributed by atoms with Crippen molar-refractivity contribution in [2.24, 2.45) is 0 Å². The first kappa shape index (κ1) is 13.0. The standard InChI is InChI=1S/C12H13FN2O2/c1-12(2,7-14)15-11(16)10-8(13)5-4-6-9(10)17-3/h4-6H,1-3H3,(H,15,16). The molecular weight excluding hydrogens is 223 g/mol. The first-order chi connectivity index (χ1) is 7.91. The molecule has 0 saturated heterocycles. The lowest BCUT2D eigenvalue weighted by atomic mass is 10.1. The van der Waals surface area contributed by atoms with Crippen molar-refractivity contribution in [2.75, 3.05) is 7.11 Å². The maximum Gasteiger partial charge on any atom is 0.259 e. The minimum Gasteiger partial charge on any atom is -0.496 e. The van der Waals surface area contributed by atoms with Gasteiger partial charge in [0.15, 0.2) is 0 Å². The Hall–Kier alpha value is -2.09. The fraction of sp³-hybridized carbons (Fsp3) is 0.333. The third-order valence-corrected chi connectivity index (χ3v) is 2.13. The molecule has 0 heterocycles. The van der Waals surface area contributed by atoms with Crippen LogP contribution in [0.25, 0.3) is 0 Å². The molecule has 0 atom stereocenters. The fourth-order valence-corrected chi connectivity index (χ4v) is 1.27. The second kappa shape index (κ2) is 4.83. The summed E-state index contributed by atoms with van der Waals surface area (Å²) >= 11 is 0. The van der Waals surface area contributed by atoms with Gasteiger partial charge in [-0.25, -0.2) is 4.39 Å². The van der Waals surface area contributed by atoms with Gasteiger partial charge in [-0.1, -0.05) is 6.07 Å². The maximum absolute atomic E-state index is 13.5. The smallest absolute Gasteiger partial charge is 0.259 e. The summed E-state index contributed by atoms with van der Waals surface area (Å²) in [7, 11) is 1.35. The van der Waals surface area contributed by atoms with Crippen LogP contribution in [-0.2, 0) is 0 Å². The number of carbonyl (C=O) groups is 1. The van der Waals surface area contributed by atoms with E-state index >= 15 is 0 Å². The highest BCUT2D eigenvalue weighted by molar-refractivity contribution is 5.97. The van der Waals surface area contributed by atoms with Crippen LogP contribution in [0.1, 0.15) is 24.2 Å². The topological polar surface area (TPSA) is 62.1 Å². The largest absolute Gasteiger partial charge is 0.496 e. The van der Waals surface area contributed by atoms with E-state index in [0.717, 1.165) is 6.07 Å². The fourth-order valence-electron chi connectivity index (χ4n) is 1.27. The van der Waals surface area contributed by atoms with Gasteiger partial charge in [0.25, 0.3) is 5.91 Å². The Morgan fingerprint density at radius 3 is 2.71 bits per heavy atom. The van der Waals surface area contributed by atoms with Gasteiger partial charge < -0.3 is 10.1 Å². The van der Waals surface area contributed by atoms with E-state index in [2.05, 4.69) is 5.32 Å². The van der Waals surface area contributed by atoms with E-state index in [-0.39, 0.29) is 11.3 Å². The molecule has 90 valence electrons. The number of nitrogens with one attached hydrogen (secondary N) is 1. The van der Waals surface area contributed by atoms with E-state index in [1.165, 1.54) is 33.1 Å². The van der Waals surface area contributed by atoms with Crippen LogP contribution in [-0.4, -0.2) is 18.6 Å². The summed E-state index contributed by atoms with van der Waals surface area (Å²) in [6, 6.07) is 6.00. The second-order valence-electron chi connectivity index (χ2n) is 4.01. The average molecular weight is 236 g/mol. The molecule has 1 rings (SSSR count). The Kier molecular flexibility index (Phi) is 3.69. The van der Waals surface area contributed by atoms with Crippen LogP contribution in [0.3, 0.4) is 0 Å². The highest BCUT2D eigenvalue weighted by atomic mass is 19.1. The first-order valence-electron chi connectivity index (χ1n) is 4.97. The number of carbonyl (C=O) groups excluding carboxylic acids is 1. The van der Waals surface area contributed by atoms with Crippen LogP contribution in [0.15, 0.2) is 18.2 Å². The number of methoxy groups -OCH3 is 1. The zero-order valence-corrected chi connectivity index (χ0v) is 9.87. The van der Waals surface area contributed by atoms with Gasteiger partial charge in [-0.15, -0.1) is 0 Å². The molecule has 17 heavy (non-hydrogen) atoms. The van der Waals surface area contributed by atoms with E-state index < -0.39 is 17.3 Å². The summed E-state index contributed by atoms with van der Waals surface area (Å²) in [5.74, 6) is -1.22. The van der Waals surface area contributed by atoms with E-state index in [9.17, 15) is 9.18 Å². The molecular formula is C12H13FN2O2. The minimum atomic E-state index is -1.07. The third kappa shape index (κ3) is 2.94. The molecule has 1 amide bonds. The third-order valence-electron chi connectivity index (χ3n) is 2.13. The number of amides is 1. The Balaban J connectivity index is 3.09. The van der Waals surface area contributed by atoms with E-state index in [0.29, 0.717) is 0 Å². The van der Waals surface area contributed by atoms with Crippen LogP contribution in [0.4, 0.5) is 4.39 Å². The van der Waals surface area contributed by atoms with Crippen LogP contribution in [0, 0.1) is 17.1 Å². The molecule has 0 bridgehead atoms. The number of benzene rings is 1. The van der Waals surface area contributed by atoms with Gasteiger partial charge in [0.05, 0.1) is 13.2 Å². The summed E-state index contributed by atoms with van der Waals surface area (Å²) in [6.45, 7) is 3.05. The number of ether oxygens (including phenoxy) is 1. The lowest BCUT2D eigenvalue weighted by Gasteiger charge is -2.18. The Morgan fingerprint density at radius 2 is 2.18 bits per heavy atom. The van der Waals surface area contributed by atoms with Crippen molar-refractivity contribution < 1.29 is 13.9 Å². The molecule has 0 radical (unpaired) electrons. The van der Waals surface area contributed by atoms with Crippen molar-refractivity contribution in [3.63, 3.8) is 0 Å². The molecule has 4 nitrogen and oxygen atoms in total. The molecule has 0 fully saturated rings. The van der Waals surface area contributed by atoms with E-state index in [1.54, 1.807) is 0 Å². The zero-order chi connectivity index (χ0) is 13.1. The van der Waals surface area contributed by atoms with Crippen LogP contribution in [0.2, 0.25) is 0 Å². The second-order valence-corrected chi connectivity index (χ2v) is 4.01. The molecule has 0 aliphatic carbocycles. The molecule has 5 heteroatoms. The molecule has 0 aliphatic rings. The summed E-state index contributed by atoms with van der Waals surface area (Å²) in [5.41, 5.74) is -1.26. The number of hydrogen-bond acceptors (Lipinski definition) is 3. The molecule has 0 aromatic heterocycles. The number of nitrogens with zero attached hydrogens (tertiary/aromatic N) is 1. The van der Waals surface area contributed by atoms with Gasteiger partial charge in [-0.3, -0.25) is 4.79 Å². The highest BCUT2D eigenvalue weighted by Crippen LogP contribution is 2.21. The van der Waals surface area contributed by atoms with Gasteiger partial charge in [-0.2, -0.15) is 5.26 Å². The minimum absolute atomic E-state index is 0.135. The number of nitriles is 1. The molecule has 0 spiro atoms. The van der Waals surface area contributed by atoms with E-state index in [1.807, 2.05) is 6.07 Å². The molecule has 1 N–H and O–H groups in total. The number of rotatable bonds is 3. The molecule has 1 aromatic rings. The predicted octanol–water partition coefficient (Wildman–Crippen LogP) is 1.87. The van der Waals surface area contributed by atoms with Crippen LogP contribution >= 0.6 is 0 Å². The van der Waals surface area contributed by atoms with Crippen molar-refractivity contribution in [3.05, 3.63) is 29.6 Å². The van der Waals surface area contributed by atoms with Gasteiger partial charge in [0.1, 0.15) is 22.7 Å². The molecule has 0 unspecified atom stereocenters. The first-order valence-corrected chi connectivity index (χ1v) is 4.97. The van der Waals surface area contributed by atoms with Crippen molar-refractivity contribution >= 4 is 5.91 Å². The SMILES string of the molecule is COc1cccc(F)c1C(=O)NC(C)(C)C#N.